The Morgan fingerprint density at radius 1 is 1.10 bits per heavy atom. The Bertz CT molecular complexity index is 553. The average Bonchev–Trinajstić information content (AvgIpc) is 3.18. The Morgan fingerprint density at radius 2 is 1.76 bits per heavy atom. The van der Waals surface area contributed by atoms with E-state index in [-0.39, 0.29) is 18.7 Å². The van der Waals surface area contributed by atoms with Crippen LogP contribution in [-0.4, -0.2) is 36.5 Å². The molecule has 21 heavy (non-hydrogen) atoms. The molecule has 0 aromatic heterocycles. The molecule has 1 N–H and O–H groups in total. The molecule has 1 aliphatic rings. The molecule has 0 radical (unpaired) electrons. The average molecular weight is 311 g/mol. The number of aryl methyl sites for hydroxylation is 1. The minimum Gasteiger partial charge on any atom is -0.395 e. The van der Waals surface area contributed by atoms with Gasteiger partial charge in [-0.25, -0.2) is 8.42 Å². The quantitative estimate of drug-likeness (QED) is 0.593. The predicted octanol–water partition coefficient (Wildman–Crippen LogP) is 2.70. The lowest BCUT2D eigenvalue weighted by atomic mass is 10.1. The number of aliphatic hydroxyl groups excluding tert-OH is 1. The highest BCUT2D eigenvalue weighted by atomic mass is 32.2. The van der Waals surface area contributed by atoms with E-state index in [1.807, 2.05) is 6.92 Å². The summed E-state index contributed by atoms with van der Waals surface area (Å²) in [6.07, 6.45) is 5.34. The van der Waals surface area contributed by atoms with E-state index in [0.29, 0.717) is 4.90 Å². The maximum Gasteiger partial charge on any atom is 0.243 e. The third-order valence-corrected chi connectivity index (χ3v) is 6.11. The van der Waals surface area contributed by atoms with Gasteiger partial charge >= 0.3 is 0 Å². The Hall–Kier alpha value is -0.910. The standard InChI is InChI=1S/C16H25NO3S/c1-3-4-5-6-7-15-16(12-18)17(15)21(19,20)14-10-8-13(2)9-11-14/h8-11,15-16,18H,3-7,12H2,1-2H3/t15-,16+,17?/m1/s1. The largest absolute Gasteiger partial charge is 0.395 e. The third-order valence-electron chi connectivity index (χ3n) is 4.15. The van der Waals surface area contributed by atoms with E-state index in [2.05, 4.69) is 6.92 Å². The van der Waals surface area contributed by atoms with Gasteiger partial charge in [-0.15, -0.1) is 0 Å². The Morgan fingerprint density at radius 3 is 2.33 bits per heavy atom. The van der Waals surface area contributed by atoms with Crippen molar-refractivity contribution in [1.29, 1.82) is 0 Å². The molecule has 3 atom stereocenters. The highest BCUT2D eigenvalue weighted by molar-refractivity contribution is 7.89. The van der Waals surface area contributed by atoms with Crippen LogP contribution in [0.1, 0.15) is 44.6 Å². The number of hydrogen-bond donors (Lipinski definition) is 1. The van der Waals surface area contributed by atoms with Gasteiger partial charge in [0.05, 0.1) is 17.5 Å². The van der Waals surface area contributed by atoms with Gasteiger partial charge < -0.3 is 5.11 Å². The van der Waals surface area contributed by atoms with Gasteiger partial charge in [0.2, 0.25) is 10.0 Å². The highest BCUT2D eigenvalue weighted by Crippen LogP contribution is 2.38. The molecule has 0 aliphatic carbocycles. The summed E-state index contributed by atoms with van der Waals surface area (Å²) in [6, 6.07) is 6.63. The smallest absolute Gasteiger partial charge is 0.243 e. The zero-order valence-electron chi connectivity index (χ0n) is 12.8. The van der Waals surface area contributed by atoms with Crippen molar-refractivity contribution in [2.75, 3.05) is 6.61 Å². The molecule has 0 spiro atoms. The summed E-state index contributed by atoms with van der Waals surface area (Å²) in [6.45, 7) is 3.99. The van der Waals surface area contributed by atoms with Crippen LogP contribution < -0.4 is 0 Å². The molecule has 5 heteroatoms. The SMILES string of the molecule is CCCCCC[C@@H]1[C@H](CO)N1S(=O)(=O)c1ccc(C)cc1. The summed E-state index contributed by atoms with van der Waals surface area (Å²) in [5, 5.41) is 9.40. The van der Waals surface area contributed by atoms with E-state index < -0.39 is 10.0 Å². The molecule has 1 aliphatic heterocycles. The molecule has 1 fully saturated rings. The second-order valence-electron chi connectivity index (χ2n) is 5.81. The molecule has 1 unspecified atom stereocenters. The molecular weight excluding hydrogens is 286 g/mol. The fourth-order valence-corrected chi connectivity index (χ4v) is 4.64. The van der Waals surface area contributed by atoms with E-state index in [0.717, 1.165) is 24.8 Å². The van der Waals surface area contributed by atoms with Gasteiger partial charge in [-0.1, -0.05) is 50.3 Å². The van der Waals surface area contributed by atoms with Gasteiger partial charge in [0.1, 0.15) is 0 Å². The van der Waals surface area contributed by atoms with Crippen LogP contribution in [0.3, 0.4) is 0 Å². The highest BCUT2D eigenvalue weighted by Gasteiger charge is 2.54. The first-order valence-electron chi connectivity index (χ1n) is 7.73. The minimum absolute atomic E-state index is 0.0295. The van der Waals surface area contributed by atoms with Gasteiger partial charge in [-0.05, 0) is 25.5 Å². The lowest BCUT2D eigenvalue weighted by Crippen LogP contribution is -2.17. The number of rotatable bonds is 8. The first kappa shape index (κ1) is 16.5. The molecule has 1 aromatic carbocycles. The van der Waals surface area contributed by atoms with Crippen LogP contribution in [0.4, 0.5) is 0 Å². The van der Waals surface area contributed by atoms with Crippen molar-refractivity contribution in [3.63, 3.8) is 0 Å². The summed E-state index contributed by atoms with van der Waals surface area (Å²) in [4.78, 5) is 0.322. The summed E-state index contributed by atoms with van der Waals surface area (Å²) >= 11 is 0. The predicted molar refractivity (Wildman–Crippen MR) is 83.6 cm³/mol. The topological polar surface area (TPSA) is 57.4 Å². The third kappa shape index (κ3) is 3.65. The second-order valence-corrected chi connectivity index (χ2v) is 7.66. The monoisotopic (exact) mass is 311 g/mol. The van der Waals surface area contributed by atoms with Crippen LogP contribution in [-0.2, 0) is 10.0 Å². The maximum atomic E-state index is 12.6. The molecule has 1 aromatic rings. The van der Waals surface area contributed by atoms with Gasteiger partial charge in [0.25, 0.3) is 0 Å². The number of aliphatic hydroxyl groups is 1. The zero-order chi connectivity index (χ0) is 15.5. The first-order valence-corrected chi connectivity index (χ1v) is 9.17. The summed E-state index contributed by atoms with van der Waals surface area (Å²) in [7, 11) is -3.46. The molecule has 1 heterocycles. The molecular formula is C16H25NO3S. The molecule has 4 nitrogen and oxygen atoms in total. The lowest BCUT2D eigenvalue weighted by molar-refractivity contribution is 0.286. The van der Waals surface area contributed by atoms with Crippen LogP contribution in [0.5, 0.6) is 0 Å². The number of sulfonamides is 1. The van der Waals surface area contributed by atoms with Crippen LogP contribution in [0.2, 0.25) is 0 Å². The fraction of sp³-hybridized carbons (Fsp3) is 0.625. The van der Waals surface area contributed by atoms with Crippen molar-refractivity contribution in [2.24, 2.45) is 0 Å². The zero-order valence-corrected chi connectivity index (χ0v) is 13.6. The van der Waals surface area contributed by atoms with Gasteiger partial charge in [0.15, 0.2) is 0 Å². The number of unbranched alkanes of at least 4 members (excludes halogenated alkanes) is 3. The van der Waals surface area contributed by atoms with E-state index in [9.17, 15) is 13.5 Å². The van der Waals surface area contributed by atoms with Gasteiger partial charge in [-0.3, -0.25) is 0 Å². The van der Waals surface area contributed by atoms with Gasteiger partial charge in [0, 0.05) is 6.04 Å². The normalized spacial score (nSPS) is 25.0. The van der Waals surface area contributed by atoms with E-state index in [1.54, 1.807) is 24.3 Å². The number of nitrogens with zero attached hydrogens (tertiary/aromatic N) is 1. The van der Waals surface area contributed by atoms with Crippen LogP contribution >= 0.6 is 0 Å². The van der Waals surface area contributed by atoms with E-state index >= 15 is 0 Å². The van der Waals surface area contributed by atoms with Crippen LogP contribution in [0.25, 0.3) is 0 Å². The summed E-state index contributed by atoms with van der Waals surface area (Å²) in [5.74, 6) is 0. The molecule has 118 valence electrons. The molecule has 0 amide bonds. The number of benzene rings is 1. The van der Waals surface area contributed by atoms with E-state index in [4.69, 9.17) is 0 Å². The Kier molecular flexibility index (Phi) is 5.41. The van der Waals surface area contributed by atoms with Crippen molar-refractivity contribution in [2.45, 2.75) is 62.9 Å². The maximum absolute atomic E-state index is 12.6. The lowest BCUT2D eigenvalue weighted by Gasteiger charge is -2.07. The van der Waals surface area contributed by atoms with Crippen LogP contribution in [0.15, 0.2) is 29.2 Å². The Labute approximate surface area is 127 Å². The van der Waals surface area contributed by atoms with Crippen molar-refractivity contribution < 1.29 is 13.5 Å². The Balaban J connectivity index is 2.04. The fourth-order valence-electron chi connectivity index (χ4n) is 2.80. The summed E-state index contributed by atoms with van der Waals surface area (Å²) in [5.41, 5.74) is 1.04. The van der Waals surface area contributed by atoms with Crippen molar-refractivity contribution >= 4 is 10.0 Å². The van der Waals surface area contributed by atoms with Gasteiger partial charge in [-0.2, -0.15) is 4.31 Å². The molecule has 0 bridgehead atoms. The molecule has 1 saturated heterocycles. The van der Waals surface area contributed by atoms with Crippen molar-refractivity contribution in [1.82, 2.24) is 4.31 Å². The van der Waals surface area contributed by atoms with Crippen LogP contribution in [0, 0.1) is 6.92 Å². The molecule has 0 saturated carbocycles. The van der Waals surface area contributed by atoms with Crippen molar-refractivity contribution in [3.8, 4) is 0 Å². The summed E-state index contributed by atoms with van der Waals surface area (Å²) < 4.78 is 26.7. The van der Waals surface area contributed by atoms with Crippen molar-refractivity contribution in [3.05, 3.63) is 29.8 Å². The first-order chi connectivity index (χ1) is 10.0. The van der Waals surface area contributed by atoms with E-state index in [1.165, 1.54) is 17.1 Å². The molecule has 2 rings (SSSR count). The number of hydrogen-bond acceptors (Lipinski definition) is 3. The second kappa shape index (κ2) is 6.90. The minimum atomic E-state index is -3.46.